The van der Waals surface area contributed by atoms with Crippen LogP contribution in [0.4, 0.5) is 0 Å². The SMILES string of the molecule is CSSC(OC(C)C)c1ccc(C2CC2)cc1. The molecule has 1 unspecified atom stereocenters. The third-order valence-electron chi connectivity index (χ3n) is 2.84. The molecule has 0 N–H and O–H groups in total. The topological polar surface area (TPSA) is 9.23 Å². The lowest BCUT2D eigenvalue weighted by Crippen LogP contribution is -2.07. The maximum atomic E-state index is 5.93. The van der Waals surface area contributed by atoms with E-state index in [4.69, 9.17) is 4.74 Å². The number of ether oxygens (including phenoxy) is 1. The van der Waals surface area contributed by atoms with Crippen LogP contribution >= 0.6 is 21.6 Å². The molecule has 0 amide bonds. The lowest BCUT2D eigenvalue weighted by Gasteiger charge is -2.19. The molecule has 17 heavy (non-hydrogen) atoms. The van der Waals surface area contributed by atoms with Gasteiger partial charge in [0.2, 0.25) is 0 Å². The number of benzene rings is 1. The number of hydrogen-bond acceptors (Lipinski definition) is 3. The molecule has 0 saturated heterocycles. The van der Waals surface area contributed by atoms with Gasteiger partial charge in [0.1, 0.15) is 5.44 Å². The molecule has 1 aliphatic rings. The first-order valence-electron chi connectivity index (χ1n) is 6.15. The van der Waals surface area contributed by atoms with Gasteiger partial charge in [0, 0.05) is 0 Å². The van der Waals surface area contributed by atoms with Gasteiger partial charge in [-0.05, 0) is 50.0 Å². The molecule has 1 aromatic rings. The zero-order chi connectivity index (χ0) is 12.3. The Morgan fingerprint density at radius 1 is 1.18 bits per heavy atom. The zero-order valence-electron chi connectivity index (χ0n) is 10.7. The van der Waals surface area contributed by atoms with Crippen LogP contribution in [0.2, 0.25) is 0 Å². The van der Waals surface area contributed by atoms with Gasteiger partial charge in [0.15, 0.2) is 0 Å². The van der Waals surface area contributed by atoms with Crippen LogP contribution in [0.1, 0.15) is 49.2 Å². The van der Waals surface area contributed by atoms with Crippen molar-refractivity contribution in [2.45, 2.75) is 44.1 Å². The minimum Gasteiger partial charge on any atom is -0.359 e. The number of hydrogen-bond donors (Lipinski definition) is 0. The minimum atomic E-state index is 0.151. The highest BCUT2D eigenvalue weighted by Gasteiger charge is 2.23. The van der Waals surface area contributed by atoms with Gasteiger partial charge in [-0.2, -0.15) is 0 Å². The summed E-state index contributed by atoms with van der Waals surface area (Å²) < 4.78 is 5.93. The van der Waals surface area contributed by atoms with E-state index in [9.17, 15) is 0 Å². The molecule has 1 nitrogen and oxygen atoms in total. The standard InChI is InChI=1S/C14H20OS2/c1-10(2)15-14(17-16-3)13-8-6-12(7-9-13)11-4-5-11/h6-11,14H,4-5H2,1-3H3. The second-order valence-corrected chi connectivity index (χ2v) is 7.25. The Labute approximate surface area is 112 Å². The highest BCUT2D eigenvalue weighted by atomic mass is 33.1. The smallest absolute Gasteiger partial charge is 0.138 e. The van der Waals surface area contributed by atoms with Gasteiger partial charge in [-0.3, -0.25) is 0 Å². The molecule has 0 spiro atoms. The predicted molar refractivity (Wildman–Crippen MR) is 78.5 cm³/mol. The van der Waals surface area contributed by atoms with Crippen molar-refractivity contribution in [1.29, 1.82) is 0 Å². The first-order chi connectivity index (χ1) is 8.20. The minimum absolute atomic E-state index is 0.151. The van der Waals surface area contributed by atoms with Crippen LogP contribution in [0.25, 0.3) is 0 Å². The third kappa shape index (κ3) is 3.94. The van der Waals surface area contributed by atoms with Crippen LogP contribution in [-0.4, -0.2) is 12.4 Å². The molecule has 1 saturated carbocycles. The zero-order valence-corrected chi connectivity index (χ0v) is 12.3. The van der Waals surface area contributed by atoms with Gasteiger partial charge in [-0.1, -0.05) is 45.9 Å². The van der Waals surface area contributed by atoms with E-state index < -0.39 is 0 Å². The van der Waals surface area contributed by atoms with E-state index in [-0.39, 0.29) is 11.5 Å². The second-order valence-electron chi connectivity index (χ2n) is 4.72. The van der Waals surface area contributed by atoms with E-state index in [1.165, 1.54) is 24.0 Å². The van der Waals surface area contributed by atoms with Crippen molar-refractivity contribution >= 4 is 21.6 Å². The lowest BCUT2D eigenvalue weighted by atomic mass is 10.1. The number of rotatable bonds is 6. The van der Waals surface area contributed by atoms with E-state index in [2.05, 4.69) is 44.4 Å². The van der Waals surface area contributed by atoms with Crippen molar-refractivity contribution in [3.8, 4) is 0 Å². The van der Waals surface area contributed by atoms with Crippen LogP contribution in [-0.2, 0) is 4.74 Å². The van der Waals surface area contributed by atoms with Crippen molar-refractivity contribution in [3.05, 3.63) is 35.4 Å². The largest absolute Gasteiger partial charge is 0.359 e. The van der Waals surface area contributed by atoms with Crippen LogP contribution in [0.5, 0.6) is 0 Å². The van der Waals surface area contributed by atoms with Gasteiger partial charge >= 0.3 is 0 Å². The Kier molecular flexibility index (Phi) is 4.83. The molecule has 3 heteroatoms. The van der Waals surface area contributed by atoms with Crippen molar-refractivity contribution in [2.24, 2.45) is 0 Å². The highest BCUT2D eigenvalue weighted by Crippen LogP contribution is 2.42. The molecule has 0 aliphatic heterocycles. The molecule has 1 atom stereocenters. The summed E-state index contributed by atoms with van der Waals surface area (Å²) in [6.45, 7) is 4.18. The van der Waals surface area contributed by atoms with Gasteiger partial charge in [-0.25, -0.2) is 0 Å². The molecular weight excluding hydrogens is 248 g/mol. The molecule has 1 aromatic carbocycles. The molecule has 0 radical (unpaired) electrons. The predicted octanol–water partition coefficient (Wildman–Crippen LogP) is 5.00. The average Bonchev–Trinajstić information content (AvgIpc) is 3.12. The Hall–Kier alpha value is -0.120. The monoisotopic (exact) mass is 268 g/mol. The molecule has 94 valence electrons. The third-order valence-corrected chi connectivity index (χ3v) is 4.69. The maximum absolute atomic E-state index is 5.93. The van der Waals surface area contributed by atoms with Crippen molar-refractivity contribution < 1.29 is 4.74 Å². The fourth-order valence-corrected chi connectivity index (χ4v) is 3.54. The highest BCUT2D eigenvalue weighted by molar-refractivity contribution is 8.76. The molecule has 1 fully saturated rings. The molecule has 2 rings (SSSR count). The molecule has 1 aliphatic carbocycles. The Morgan fingerprint density at radius 2 is 1.82 bits per heavy atom. The van der Waals surface area contributed by atoms with Crippen molar-refractivity contribution in [1.82, 2.24) is 0 Å². The summed E-state index contributed by atoms with van der Waals surface area (Å²) in [6.07, 6.45) is 5.10. The van der Waals surface area contributed by atoms with Crippen molar-refractivity contribution in [2.75, 3.05) is 6.26 Å². The van der Waals surface area contributed by atoms with Gasteiger partial charge < -0.3 is 4.74 Å². The molecule has 0 heterocycles. The van der Waals surface area contributed by atoms with Gasteiger partial charge in [0.05, 0.1) is 6.10 Å². The molecule has 0 aromatic heterocycles. The molecule has 0 bridgehead atoms. The van der Waals surface area contributed by atoms with Crippen LogP contribution in [0.15, 0.2) is 24.3 Å². The van der Waals surface area contributed by atoms with Gasteiger partial charge in [0.25, 0.3) is 0 Å². The fourth-order valence-electron chi connectivity index (χ4n) is 1.83. The van der Waals surface area contributed by atoms with E-state index >= 15 is 0 Å². The summed E-state index contributed by atoms with van der Waals surface area (Å²) in [6, 6.07) is 8.99. The lowest BCUT2D eigenvalue weighted by molar-refractivity contribution is 0.0599. The van der Waals surface area contributed by atoms with Crippen LogP contribution < -0.4 is 0 Å². The summed E-state index contributed by atoms with van der Waals surface area (Å²) in [5, 5.41) is 0. The average molecular weight is 268 g/mol. The first kappa shape index (κ1) is 13.3. The summed E-state index contributed by atoms with van der Waals surface area (Å²) in [7, 11) is 3.54. The van der Waals surface area contributed by atoms with Crippen LogP contribution in [0, 0.1) is 0 Å². The van der Waals surface area contributed by atoms with E-state index in [1.807, 2.05) is 0 Å². The van der Waals surface area contributed by atoms with Gasteiger partial charge in [-0.15, -0.1) is 0 Å². The Balaban J connectivity index is 2.05. The maximum Gasteiger partial charge on any atom is 0.138 e. The summed E-state index contributed by atoms with van der Waals surface area (Å²) in [4.78, 5) is 0. The first-order valence-corrected chi connectivity index (χ1v) is 8.77. The Morgan fingerprint density at radius 3 is 2.29 bits per heavy atom. The molecular formula is C14H20OS2. The Bertz CT molecular complexity index is 344. The fraction of sp³-hybridized carbons (Fsp3) is 0.571. The van der Waals surface area contributed by atoms with E-state index in [0.29, 0.717) is 0 Å². The van der Waals surface area contributed by atoms with Crippen molar-refractivity contribution in [3.63, 3.8) is 0 Å². The van der Waals surface area contributed by atoms with E-state index in [1.54, 1.807) is 21.6 Å². The normalized spacial score (nSPS) is 17.4. The quantitative estimate of drug-likeness (QED) is 0.531. The van der Waals surface area contributed by atoms with E-state index in [0.717, 1.165) is 5.92 Å². The summed E-state index contributed by atoms with van der Waals surface area (Å²) >= 11 is 0. The summed E-state index contributed by atoms with van der Waals surface area (Å²) in [5.41, 5.74) is 2.92. The second kappa shape index (κ2) is 6.17. The van der Waals surface area contributed by atoms with Crippen LogP contribution in [0.3, 0.4) is 0 Å². The summed E-state index contributed by atoms with van der Waals surface area (Å²) in [5.74, 6) is 0.835.